The van der Waals surface area contributed by atoms with Crippen LogP contribution in [0.1, 0.15) is 10.4 Å². The van der Waals surface area contributed by atoms with Gasteiger partial charge in [0.05, 0.1) is 4.34 Å². The van der Waals surface area contributed by atoms with E-state index in [9.17, 15) is 0 Å². The van der Waals surface area contributed by atoms with Gasteiger partial charge in [0.25, 0.3) is 0 Å². The van der Waals surface area contributed by atoms with E-state index >= 15 is 0 Å². The number of halogens is 3. The van der Waals surface area contributed by atoms with Crippen LogP contribution in [0.15, 0.2) is 36.4 Å². The molecule has 1 aromatic heterocycles. The van der Waals surface area contributed by atoms with Gasteiger partial charge in [0.2, 0.25) is 0 Å². The third kappa shape index (κ3) is 4.27. The van der Waals surface area contributed by atoms with E-state index in [0.717, 1.165) is 27.5 Å². The Morgan fingerprint density at radius 2 is 1.72 bits per heavy atom. The molecule has 1 aromatic carbocycles. The van der Waals surface area contributed by atoms with Crippen molar-refractivity contribution in [2.45, 2.75) is 12.8 Å². The monoisotopic (exact) mass is 362 g/mol. The molecule has 1 unspecified atom stereocenters. The fourth-order valence-electron chi connectivity index (χ4n) is 1.88. The van der Waals surface area contributed by atoms with Crippen LogP contribution in [0.2, 0.25) is 9.36 Å². The number of hydrogen-bond acceptors (Lipinski definition) is 1. The first-order valence-corrected chi connectivity index (χ1v) is 8.41. The molecule has 2 aromatic rings. The minimum Gasteiger partial charge on any atom is -0.128 e. The van der Waals surface area contributed by atoms with Crippen molar-refractivity contribution in [3.63, 3.8) is 0 Å². The van der Waals surface area contributed by atoms with Crippen molar-refractivity contribution < 1.29 is 0 Å². The zero-order valence-corrected chi connectivity index (χ0v) is 13.6. The second kappa shape index (κ2) is 6.95. The average molecular weight is 364 g/mol. The first-order chi connectivity index (χ1) is 8.67. The summed E-state index contributed by atoms with van der Waals surface area (Å²) in [6.07, 6.45) is 2.11. The number of thiophene rings is 1. The van der Waals surface area contributed by atoms with E-state index < -0.39 is 0 Å². The second-order valence-corrected chi connectivity index (χ2v) is 7.14. The summed E-state index contributed by atoms with van der Waals surface area (Å²) in [7, 11) is 0. The van der Waals surface area contributed by atoms with Gasteiger partial charge in [-0.3, -0.25) is 0 Å². The summed E-state index contributed by atoms with van der Waals surface area (Å²) in [5.41, 5.74) is 1.33. The molecular formula is C14H13BrCl2S. The molecule has 0 fully saturated rings. The molecule has 4 heteroatoms. The third-order valence-electron chi connectivity index (χ3n) is 2.77. The summed E-state index contributed by atoms with van der Waals surface area (Å²) in [5.74, 6) is 0.584. The van der Waals surface area contributed by atoms with Gasteiger partial charge < -0.3 is 0 Å². The highest BCUT2D eigenvalue weighted by molar-refractivity contribution is 9.09. The SMILES string of the molecule is Clc1ccc(CC(CBr)Cc2ccc(Cl)s2)cc1. The zero-order chi connectivity index (χ0) is 13.0. The summed E-state index contributed by atoms with van der Waals surface area (Å²) in [5, 5.41) is 1.78. The van der Waals surface area contributed by atoms with Gasteiger partial charge >= 0.3 is 0 Å². The van der Waals surface area contributed by atoms with Crippen molar-refractivity contribution in [2.24, 2.45) is 5.92 Å². The van der Waals surface area contributed by atoms with Crippen LogP contribution in [0.25, 0.3) is 0 Å². The van der Waals surface area contributed by atoms with Crippen molar-refractivity contribution >= 4 is 50.5 Å². The Labute approximate surface area is 130 Å². The molecule has 2 rings (SSSR count). The average Bonchev–Trinajstić information content (AvgIpc) is 2.77. The van der Waals surface area contributed by atoms with Crippen LogP contribution >= 0.6 is 50.5 Å². The summed E-state index contributed by atoms with van der Waals surface area (Å²) < 4.78 is 0.866. The summed E-state index contributed by atoms with van der Waals surface area (Å²) >= 11 is 17.1. The molecule has 0 nitrogen and oxygen atoms in total. The lowest BCUT2D eigenvalue weighted by molar-refractivity contribution is 0.596. The second-order valence-electron chi connectivity index (χ2n) is 4.26. The maximum absolute atomic E-state index is 5.96. The van der Waals surface area contributed by atoms with Crippen molar-refractivity contribution in [3.8, 4) is 0 Å². The highest BCUT2D eigenvalue weighted by atomic mass is 79.9. The Hall–Kier alpha value is -0.0200. The van der Waals surface area contributed by atoms with Gasteiger partial charge in [0, 0.05) is 15.2 Å². The van der Waals surface area contributed by atoms with Crippen molar-refractivity contribution in [1.82, 2.24) is 0 Å². The summed E-state index contributed by atoms with van der Waals surface area (Å²) in [6, 6.07) is 12.2. The highest BCUT2D eigenvalue weighted by Gasteiger charge is 2.11. The molecule has 0 bridgehead atoms. The van der Waals surface area contributed by atoms with Crippen LogP contribution in [0.5, 0.6) is 0 Å². The molecule has 0 N–H and O–H groups in total. The summed E-state index contributed by atoms with van der Waals surface area (Å²) in [4.78, 5) is 1.35. The fraction of sp³-hybridized carbons (Fsp3) is 0.286. The number of alkyl halides is 1. The van der Waals surface area contributed by atoms with Crippen molar-refractivity contribution in [1.29, 1.82) is 0 Å². The Bertz CT molecular complexity index is 493. The topological polar surface area (TPSA) is 0 Å². The first-order valence-electron chi connectivity index (χ1n) is 5.72. The molecule has 0 saturated heterocycles. The van der Waals surface area contributed by atoms with E-state index in [1.165, 1.54) is 10.4 Å². The minimum atomic E-state index is 0.584. The van der Waals surface area contributed by atoms with Gasteiger partial charge in [-0.1, -0.05) is 51.3 Å². The van der Waals surface area contributed by atoms with E-state index in [0.29, 0.717) is 5.92 Å². The van der Waals surface area contributed by atoms with Crippen LogP contribution in [0, 0.1) is 5.92 Å². The van der Waals surface area contributed by atoms with Gasteiger partial charge in [0.15, 0.2) is 0 Å². The van der Waals surface area contributed by atoms with Gasteiger partial charge in [-0.15, -0.1) is 11.3 Å². The van der Waals surface area contributed by atoms with E-state index in [1.54, 1.807) is 11.3 Å². The van der Waals surface area contributed by atoms with Gasteiger partial charge in [-0.2, -0.15) is 0 Å². The van der Waals surface area contributed by atoms with E-state index in [1.807, 2.05) is 18.2 Å². The molecule has 18 heavy (non-hydrogen) atoms. The Kier molecular flexibility index (Phi) is 5.56. The lowest BCUT2D eigenvalue weighted by Crippen LogP contribution is -2.09. The van der Waals surface area contributed by atoms with Crippen LogP contribution in [-0.4, -0.2) is 5.33 Å². The maximum atomic E-state index is 5.96. The quantitative estimate of drug-likeness (QED) is 0.584. The van der Waals surface area contributed by atoms with Crippen LogP contribution in [-0.2, 0) is 12.8 Å². The molecule has 0 aliphatic rings. The molecule has 1 atom stereocenters. The minimum absolute atomic E-state index is 0.584. The number of benzene rings is 1. The molecule has 0 aliphatic carbocycles. The Morgan fingerprint density at radius 1 is 1.00 bits per heavy atom. The molecule has 96 valence electrons. The normalized spacial score (nSPS) is 12.6. The molecule has 1 heterocycles. The lowest BCUT2D eigenvalue weighted by atomic mass is 9.97. The molecule has 0 aliphatic heterocycles. The van der Waals surface area contributed by atoms with Gasteiger partial charge in [0.1, 0.15) is 0 Å². The van der Waals surface area contributed by atoms with Crippen LogP contribution < -0.4 is 0 Å². The first kappa shape index (κ1) is 14.4. The van der Waals surface area contributed by atoms with Gasteiger partial charge in [-0.05, 0) is 48.6 Å². The molecule has 0 radical (unpaired) electrons. The van der Waals surface area contributed by atoms with E-state index in [-0.39, 0.29) is 0 Å². The molecular weight excluding hydrogens is 351 g/mol. The van der Waals surface area contributed by atoms with Crippen LogP contribution in [0.4, 0.5) is 0 Å². The van der Waals surface area contributed by atoms with E-state index in [2.05, 4.69) is 34.1 Å². The molecule has 0 saturated carbocycles. The zero-order valence-electron chi connectivity index (χ0n) is 9.70. The van der Waals surface area contributed by atoms with Gasteiger partial charge in [-0.25, -0.2) is 0 Å². The maximum Gasteiger partial charge on any atom is 0.0931 e. The third-order valence-corrected chi connectivity index (χ3v) is 5.20. The number of rotatable bonds is 5. The highest BCUT2D eigenvalue weighted by Crippen LogP contribution is 2.26. The molecule has 0 amide bonds. The van der Waals surface area contributed by atoms with E-state index in [4.69, 9.17) is 23.2 Å². The summed E-state index contributed by atoms with van der Waals surface area (Å²) in [6.45, 7) is 0. The predicted molar refractivity (Wildman–Crippen MR) is 85.5 cm³/mol. The van der Waals surface area contributed by atoms with Crippen molar-refractivity contribution in [2.75, 3.05) is 5.33 Å². The fourth-order valence-corrected chi connectivity index (χ4v) is 3.67. The predicted octanol–water partition coefficient (Wildman–Crippen LogP) is 5.85. The largest absolute Gasteiger partial charge is 0.128 e. The van der Waals surface area contributed by atoms with Crippen molar-refractivity contribution in [3.05, 3.63) is 56.2 Å². The van der Waals surface area contributed by atoms with Crippen LogP contribution in [0.3, 0.4) is 0 Å². The Morgan fingerprint density at radius 3 is 2.28 bits per heavy atom. The lowest BCUT2D eigenvalue weighted by Gasteiger charge is -2.13. The molecule has 0 spiro atoms. The number of hydrogen-bond donors (Lipinski definition) is 0. The smallest absolute Gasteiger partial charge is 0.0931 e. The Balaban J connectivity index is 1.99. The standard InChI is InChI=1S/C14H13BrCl2S/c15-9-11(8-13-5-6-14(17)18-13)7-10-1-3-12(16)4-2-10/h1-6,11H,7-9H2.